The summed E-state index contributed by atoms with van der Waals surface area (Å²) in [6, 6.07) is 0. The lowest BCUT2D eigenvalue weighted by molar-refractivity contribution is -0.167. The van der Waals surface area contributed by atoms with Crippen molar-refractivity contribution in [3.8, 4) is 0 Å². The molecular weight excluding hydrogens is 366 g/mol. The Morgan fingerprint density at radius 2 is 1.85 bits per heavy atom. The Morgan fingerprint density at radius 1 is 1.27 bits per heavy atom. The van der Waals surface area contributed by atoms with E-state index in [9.17, 15) is 22.8 Å². The minimum Gasteiger partial charge on any atom is -0.461 e. The van der Waals surface area contributed by atoms with Gasteiger partial charge in [-0.2, -0.15) is 0 Å². The second-order valence-corrected chi connectivity index (χ2v) is 8.90. The number of sulfone groups is 1. The van der Waals surface area contributed by atoms with Crippen LogP contribution in [0, 0.1) is 0 Å². The van der Waals surface area contributed by atoms with Crippen LogP contribution in [0.15, 0.2) is 22.8 Å². The van der Waals surface area contributed by atoms with E-state index in [0.29, 0.717) is 0 Å². The molecule has 1 amide bonds. The second kappa shape index (κ2) is 6.51. The lowest BCUT2D eigenvalue weighted by atomic mass is 10.0. The Hall–Kier alpha value is -2.20. The molecule has 0 aromatic carbocycles. The van der Waals surface area contributed by atoms with Crippen molar-refractivity contribution < 1.29 is 37.0 Å². The monoisotopic (exact) mass is 387 g/mol. The lowest BCUT2D eigenvalue weighted by Gasteiger charge is -2.48. The third-order valence-corrected chi connectivity index (χ3v) is 5.81. The first-order valence-corrected chi connectivity index (χ1v) is 9.26. The maximum Gasteiger partial charge on any atom is 0.356 e. The van der Waals surface area contributed by atoms with Gasteiger partial charge in [0.2, 0.25) is 9.84 Å². The number of hydrogen-bond acceptors (Lipinski definition) is 8. The van der Waals surface area contributed by atoms with Crippen LogP contribution in [0.3, 0.4) is 0 Å². The average molecular weight is 387 g/mol. The van der Waals surface area contributed by atoms with E-state index in [1.165, 1.54) is 7.11 Å². The van der Waals surface area contributed by atoms with Crippen LogP contribution in [0.5, 0.6) is 0 Å². The van der Waals surface area contributed by atoms with Crippen LogP contribution in [0.25, 0.3) is 0 Å². The van der Waals surface area contributed by atoms with Gasteiger partial charge in [-0.05, 0) is 20.8 Å². The van der Waals surface area contributed by atoms with Crippen LogP contribution in [0.4, 0.5) is 0 Å². The van der Waals surface area contributed by atoms with E-state index < -0.39 is 56.3 Å². The quantitative estimate of drug-likeness (QED) is 0.498. The van der Waals surface area contributed by atoms with E-state index in [2.05, 4.69) is 6.58 Å². The van der Waals surface area contributed by atoms with Gasteiger partial charge in [0.05, 0.1) is 4.91 Å². The van der Waals surface area contributed by atoms with E-state index in [-0.39, 0.29) is 11.3 Å². The molecule has 2 rings (SSSR count). The van der Waals surface area contributed by atoms with Gasteiger partial charge in [0.25, 0.3) is 5.91 Å². The van der Waals surface area contributed by atoms with Crippen molar-refractivity contribution in [1.29, 1.82) is 0 Å². The standard InChI is InChI=1S/C16H21NO8S/c1-8-10(7-24-9(2)18)11(15(20)25-16(3,4)5)17-13(19)12(23-6)14(17)26(8,21)22/h12,14H,1,7H2,2-6H3/t12-,14?/m1/s1. The van der Waals surface area contributed by atoms with Gasteiger partial charge in [0.1, 0.15) is 17.9 Å². The third kappa shape index (κ3) is 3.26. The maximum absolute atomic E-state index is 12.7. The summed E-state index contributed by atoms with van der Waals surface area (Å²) >= 11 is 0. The molecule has 0 aromatic rings. The van der Waals surface area contributed by atoms with Crippen molar-refractivity contribution in [2.24, 2.45) is 0 Å². The summed E-state index contributed by atoms with van der Waals surface area (Å²) in [6.45, 7) is 9.00. The van der Waals surface area contributed by atoms with Crippen molar-refractivity contribution in [2.75, 3.05) is 13.7 Å². The summed E-state index contributed by atoms with van der Waals surface area (Å²) < 4.78 is 40.5. The van der Waals surface area contributed by atoms with Gasteiger partial charge in [0.15, 0.2) is 11.5 Å². The highest BCUT2D eigenvalue weighted by Gasteiger charge is 2.62. The Morgan fingerprint density at radius 3 is 2.31 bits per heavy atom. The van der Waals surface area contributed by atoms with E-state index in [1.54, 1.807) is 20.8 Å². The van der Waals surface area contributed by atoms with E-state index in [4.69, 9.17) is 14.2 Å². The molecule has 1 unspecified atom stereocenters. The predicted octanol–water partition coefficient (Wildman–Crippen LogP) is 0.271. The molecule has 144 valence electrons. The number of methoxy groups -OCH3 is 1. The number of fused-ring (bicyclic) bond motifs is 1. The highest BCUT2D eigenvalue weighted by Crippen LogP contribution is 2.43. The SMILES string of the molecule is C=C1C(COC(C)=O)=C(C(=O)OC(C)(C)C)N2C(=O)[C@@H](OC)C2S1(=O)=O. The van der Waals surface area contributed by atoms with Crippen molar-refractivity contribution in [3.05, 3.63) is 22.8 Å². The molecule has 26 heavy (non-hydrogen) atoms. The number of nitrogens with zero attached hydrogens (tertiary/aromatic N) is 1. The Kier molecular flexibility index (Phi) is 5.04. The van der Waals surface area contributed by atoms with Crippen LogP contribution in [0.1, 0.15) is 27.7 Å². The predicted molar refractivity (Wildman–Crippen MR) is 89.0 cm³/mol. The first kappa shape index (κ1) is 20.1. The van der Waals surface area contributed by atoms with Crippen LogP contribution in [0.2, 0.25) is 0 Å². The molecule has 1 saturated heterocycles. The van der Waals surface area contributed by atoms with Gasteiger partial charge < -0.3 is 14.2 Å². The summed E-state index contributed by atoms with van der Waals surface area (Å²) in [5, 5.41) is -1.41. The molecular formula is C16H21NO8S. The smallest absolute Gasteiger partial charge is 0.356 e. The Labute approximate surface area is 151 Å². The molecule has 0 bridgehead atoms. The molecule has 0 spiro atoms. The molecule has 0 aromatic heterocycles. The van der Waals surface area contributed by atoms with Crippen LogP contribution < -0.4 is 0 Å². The molecule has 0 saturated carbocycles. The van der Waals surface area contributed by atoms with Crippen molar-refractivity contribution in [1.82, 2.24) is 4.90 Å². The number of β-lactam (4-membered cyclic amide) rings is 1. The van der Waals surface area contributed by atoms with Gasteiger partial charge in [-0.3, -0.25) is 14.5 Å². The minimum atomic E-state index is -4.08. The molecule has 9 nitrogen and oxygen atoms in total. The Balaban J connectivity index is 2.61. The van der Waals surface area contributed by atoms with Gasteiger partial charge >= 0.3 is 11.9 Å². The Bertz CT molecular complexity index is 818. The van der Waals surface area contributed by atoms with E-state index in [0.717, 1.165) is 11.8 Å². The number of ether oxygens (including phenoxy) is 3. The van der Waals surface area contributed by atoms with Crippen LogP contribution in [-0.2, 0) is 38.4 Å². The fourth-order valence-corrected chi connectivity index (χ4v) is 4.49. The zero-order valence-corrected chi connectivity index (χ0v) is 16.0. The largest absolute Gasteiger partial charge is 0.461 e. The molecule has 0 N–H and O–H groups in total. The normalized spacial score (nSPS) is 24.7. The summed E-state index contributed by atoms with van der Waals surface area (Å²) in [6.07, 6.45) is -1.25. The molecule has 2 heterocycles. The first-order chi connectivity index (χ1) is 11.8. The van der Waals surface area contributed by atoms with Crippen LogP contribution in [-0.4, -0.2) is 62.0 Å². The van der Waals surface area contributed by atoms with Crippen molar-refractivity contribution >= 4 is 27.7 Å². The molecule has 10 heteroatoms. The first-order valence-electron chi connectivity index (χ1n) is 7.72. The van der Waals surface area contributed by atoms with Crippen molar-refractivity contribution in [3.63, 3.8) is 0 Å². The minimum absolute atomic E-state index is 0.186. The van der Waals surface area contributed by atoms with Gasteiger partial charge in [-0.15, -0.1) is 0 Å². The van der Waals surface area contributed by atoms with E-state index >= 15 is 0 Å². The van der Waals surface area contributed by atoms with E-state index in [1.807, 2.05) is 0 Å². The number of carbonyl (C=O) groups excluding carboxylic acids is 3. The van der Waals surface area contributed by atoms with Gasteiger partial charge in [0, 0.05) is 19.6 Å². The number of rotatable bonds is 4. The molecule has 0 radical (unpaired) electrons. The zero-order valence-electron chi connectivity index (χ0n) is 15.2. The molecule has 0 aliphatic carbocycles. The topological polar surface area (TPSA) is 116 Å². The zero-order chi connectivity index (χ0) is 20.0. The second-order valence-electron chi connectivity index (χ2n) is 6.83. The molecule has 2 atom stereocenters. The van der Waals surface area contributed by atoms with Gasteiger partial charge in [-0.25, -0.2) is 13.2 Å². The summed E-state index contributed by atoms with van der Waals surface area (Å²) in [5.74, 6) is -2.29. The summed E-state index contributed by atoms with van der Waals surface area (Å²) in [5.41, 5.74) is -1.38. The number of esters is 2. The molecule has 2 aliphatic heterocycles. The lowest BCUT2D eigenvalue weighted by Crippen LogP contribution is -2.70. The number of hydrogen-bond donors (Lipinski definition) is 0. The average Bonchev–Trinajstić information content (AvgIpc) is 2.47. The van der Waals surface area contributed by atoms with Crippen molar-refractivity contribution in [2.45, 2.75) is 44.8 Å². The summed E-state index contributed by atoms with van der Waals surface area (Å²) in [4.78, 5) is 36.6. The number of carbonyl (C=O) groups is 3. The fourth-order valence-electron chi connectivity index (χ4n) is 2.66. The third-order valence-electron chi connectivity index (χ3n) is 3.78. The molecule has 1 fully saturated rings. The van der Waals surface area contributed by atoms with Gasteiger partial charge in [-0.1, -0.05) is 6.58 Å². The molecule has 2 aliphatic rings. The fraction of sp³-hybridized carbons (Fsp3) is 0.562. The highest BCUT2D eigenvalue weighted by molar-refractivity contribution is 7.96. The maximum atomic E-state index is 12.7. The number of amides is 1. The van der Waals surface area contributed by atoms with Crippen LogP contribution >= 0.6 is 0 Å². The highest BCUT2D eigenvalue weighted by atomic mass is 32.2. The summed E-state index contributed by atoms with van der Waals surface area (Å²) in [7, 11) is -2.88.